The minimum Gasteiger partial charge on any atom is -0.545 e. The van der Waals surface area contributed by atoms with Gasteiger partial charge in [-0.1, -0.05) is 270 Å². The predicted molar refractivity (Wildman–Crippen MR) is 293 cm³/mol. The standard InChI is InChI=1S/C61H117NO8/c1-6-8-10-12-14-16-18-19-20-21-22-23-24-25-26-27-28-29-30-31-32-33-34-35-36-37-38-39-40-42-43-45-47-49-51-58(63)68-55-57(56-69-61(60(65)66)67-54-53-62(3,4)5)70-59(64)52-50-48-46-44-41-17-15-13-11-9-7-2/h13,15,57,61H,6-12,14,16-56H2,1-5H3/b15-13-. The number of aliphatic carboxylic acids is 1. The zero-order chi connectivity index (χ0) is 51.3. The topological polar surface area (TPSA) is 111 Å². The number of carbonyl (C=O) groups is 3. The fourth-order valence-electron chi connectivity index (χ4n) is 9.05. The van der Waals surface area contributed by atoms with Gasteiger partial charge in [-0.3, -0.25) is 9.59 Å². The quantitative estimate of drug-likeness (QED) is 0.0195. The Balaban J connectivity index is 3.92. The van der Waals surface area contributed by atoms with Crippen LogP contribution in [-0.4, -0.2) is 82.3 Å². The number of ether oxygens (including phenoxy) is 4. The molecule has 9 nitrogen and oxygen atoms in total. The molecule has 0 aliphatic carbocycles. The number of allylic oxidation sites excluding steroid dienone is 2. The van der Waals surface area contributed by atoms with Gasteiger partial charge >= 0.3 is 11.9 Å². The van der Waals surface area contributed by atoms with Crippen LogP contribution in [0.2, 0.25) is 0 Å². The van der Waals surface area contributed by atoms with Crippen molar-refractivity contribution in [2.75, 3.05) is 47.5 Å². The van der Waals surface area contributed by atoms with Crippen molar-refractivity contribution in [3.05, 3.63) is 12.2 Å². The number of carboxylic acid groups (broad SMARTS) is 1. The van der Waals surface area contributed by atoms with Crippen LogP contribution in [0.3, 0.4) is 0 Å². The largest absolute Gasteiger partial charge is 0.545 e. The minimum atomic E-state index is -1.62. The molecule has 0 aliphatic rings. The Kier molecular flexibility index (Phi) is 51.8. The number of hydrogen-bond acceptors (Lipinski definition) is 8. The molecule has 0 aromatic rings. The number of hydrogen-bond donors (Lipinski definition) is 0. The summed E-state index contributed by atoms with van der Waals surface area (Å²) in [5.74, 6) is -2.28. The lowest BCUT2D eigenvalue weighted by Gasteiger charge is -2.26. The lowest BCUT2D eigenvalue weighted by Crippen LogP contribution is -2.44. The second-order valence-electron chi connectivity index (χ2n) is 22.0. The molecular formula is C61H117NO8. The Morgan fingerprint density at radius 2 is 0.743 bits per heavy atom. The van der Waals surface area contributed by atoms with Crippen LogP contribution in [0, 0.1) is 0 Å². The van der Waals surface area contributed by atoms with Gasteiger partial charge in [0.15, 0.2) is 12.4 Å². The first-order chi connectivity index (χ1) is 34.1. The summed E-state index contributed by atoms with van der Waals surface area (Å²) >= 11 is 0. The molecule has 0 saturated carbocycles. The van der Waals surface area contributed by atoms with Gasteiger partial charge < -0.3 is 33.3 Å². The molecule has 0 aromatic carbocycles. The van der Waals surface area contributed by atoms with E-state index in [4.69, 9.17) is 18.9 Å². The van der Waals surface area contributed by atoms with E-state index in [2.05, 4.69) is 26.0 Å². The first-order valence-electron chi connectivity index (χ1n) is 30.3. The van der Waals surface area contributed by atoms with E-state index in [1.54, 1.807) is 0 Å². The summed E-state index contributed by atoms with van der Waals surface area (Å²) in [5, 5.41) is 11.7. The Bertz CT molecular complexity index is 1150. The third-order valence-electron chi connectivity index (χ3n) is 13.8. The van der Waals surface area contributed by atoms with Crippen molar-refractivity contribution >= 4 is 17.9 Å². The van der Waals surface area contributed by atoms with Crippen LogP contribution in [0.1, 0.15) is 303 Å². The lowest BCUT2D eigenvalue weighted by atomic mass is 10.0. The maximum Gasteiger partial charge on any atom is 0.306 e. The number of carbonyl (C=O) groups excluding carboxylic acids is 3. The van der Waals surface area contributed by atoms with Gasteiger partial charge in [-0.2, -0.15) is 0 Å². The zero-order valence-corrected chi connectivity index (χ0v) is 47.2. The second kappa shape index (κ2) is 53.3. The molecule has 0 amide bonds. The van der Waals surface area contributed by atoms with Crippen LogP contribution in [0.25, 0.3) is 0 Å². The molecule has 0 saturated heterocycles. The average Bonchev–Trinajstić information content (AvgIpc) is 3.33. The van der Waals surface area contributed by atoms with E-state index in [0.29, 0.717) is 23.9 Å². The average molecular weight is 993 g/mol. The molecule has 0 radical (unpaired) electrons. The maximum absolute atomic E-state index is 12.8. The molecule has 9 heteroatoms. The van der Waals surface area contributed by atoms with Crippen LogP contribution in [0.5, 0.6) is 0 Å². The second-order valence-corrected chi connectivity index (χ2v) is 22.0. The minimum absolute atomic E-state index is 0.149. The molecule has 70 heavy (non-hydrogen) atoms. The zero-order valence-electron chi connectivity index (χ0n) is 47.2. The first kappa shape index (κ1) is 68.0. The molecule has 0 N–H and O–H groups in total. The van der Waals surface area contributed by atoms with Crippen molar-refractivity contribution in [2.45, 2.75) is 315 Å². The van der Waals surface area contributed by atoms with Gasteiger partial charge in [-0.15, -0.1) is 0 Å². The molecule has 414 valence electrons. The number of esters is 2. The van der Waals surface area contributed by atoms with Crippen molar-refractivity contribution < 1.29 is 42.9 Å². The van der Waals surface area contributed by atoms with E-state index in [9.17, 15) is 19.5 Å². The highest BCUT2D eigenvalue weighted by Gasteiger charge is 2.22. The molecule has 2 unspecified atom stereocenters. The maximum atomic E-state index is 12.8. The predicted octanol–water partition coefficient (Wildman–Crippen LogP) is 16.4. The van der Waals surface area contributed by atoms with Gasteiger partial charge in [0.05, 0.1) is 40.3 Å². The molecule has 0 aliphatic heterocycles. The van der Waals surface area contributed by atoms with E-state index in [-0.39, 0.29) is 32.2 Å². The molecule has 0 fully saturated rings. The lowest BCUT2D eigenvalue weighted by molar-refractivity contribution is -0.870. The number of carboxylic acids is 1. The summed E-state index contributed by atoms with van der Waals surface area (Å²) < 4.78 is 22.6. The fraction of sp³-hybridized carbons (Fsp3) is 0.918. The summed E-state index contributed by atoms with van der Waals surface area (Å²) in [6.07, 6.45) is 58.8. The monoisotopic (exact) mass is 992 g/mol. The molecule has 2 atom stereocenters. The Morgan fingerprint density at radius 1 is 0.414 bits per heavy atom. The number of likely N-dealkylation sites (N-methyl/N-ethyl adjacent to an activating group) is 1. The Morgan fingerprint density at radius 3 is 1.10 bits per heavy atom. The molecular weight excluding hydrogens is 875 g/mol. The SMILES string of the molecule is CCCC/C=C\CCCCCCCC(=O)OC(COC(=O)CCCCCCCCCCCCCCCCCCCCCCCCCCCCCCCCCCCC)COC(OCC[N+](C)(C)C)C(=O)[O-]. The highest BCUT2D eigenvalue weighted by atomic mass is 16.7. The van der Waals surface area contributed by atoms with Gasteiger partial charge in [0, 0.05) is 12.8 Å². The number of rotatable bonds is 57. The van der Waals surface area contributed by atoms with Crippen molar-refractivity contribution in [1.29, 1.82) is 0 Å². The fourth-order valence-corrected chi connectivity index (χ4v) is 9.05. The highest BCUT2D eigenvalue weighted by Crippen LogP contribution is 2.18. The Labute approximate surface area is 434 Å². The van der Waals surface area contributed by atoms with Gasteiger partial charge in [-0.25, -0.2) is 0 Å². The normalized spacial score (nSPS) is 12.8. The van der Waals surface area contributed by atoms with Crippen LogP contribution in [-0.2, 0) is 33.3 Å². The highest BCUT2D eigenvalue weighted by molar-refractivity contribution is 5.70. The summed E-state index contributed by atoms with van der Waals surface area (Å²) in [6.45, 7) is 4.74. The van der Waals surface area contributed by atoms with Crippen molar-refractivity contribution in [3.8, 4) is 0 Å². The van der Waals surface area contributed by atoms with Crippen molar-refractivity contribution in [2.24, 2.45) is 0 Å². The molecule has 0 spiro atoms. The molecule has 0 bridgehead atoms. The Hall–Kier alpha value is -1.97. The van der Waals surface area contributed by atoms with Gasteiger partial charge in [-0.05, 0) is 32.1 Å². The summed E-state index contributed by atoms with van der Waals surface area (Å²) in [4.78, 5) is 37.1. The van der Waals surface area contributed by atoms with E-state index < -0.39 is 24.3 Å². The smallest absolute Gasteiger partial charge is 0.306 e. The van der Waals surface area contributed by atoms with E-state index in [0.717, 1.165) is 57.8 Å². The van der Waals surface area contributed by atoms with Crippen molar-refractivity contribution in [1.82, 2.24) is 0 Å². The number of nitrogens with zero attached hydrogens (tertiary/aromatic N) is 1. The van der Waals surface area contributed by atoms with Crippen LogP contribution in [0.4, 0.5) is 0 Å². The summed E-state index contributed by atoms with van der Waals surface area (Å²) in [5.41, 5.74) is 0. The van der Waals surface area contributed by atoms with Crippen LogP contribution in [0.15, 0.2) is 12.2 Å². The summed E-state index contributed by atoms with van der Waals surface area (Å²) in [6, 6.07) is 0. The first-order valence-corrected chi connectivity index (χ1v) is 30.3. The van der Waals surface area contributed by atoms with Crippen molar-refractivity contribution in [3.63, 3.8) is 0 Å². The molecule has 0 rings (SSSR count). The van der Waals surface area contributed by atoms with Crippen LogP contribution < -0.4 is 5.11 Å². The third kappa shape index (κ3) is 53.8. The van der Waals surface area contributed by atoms with E-state index >= 15 is 0 Å². The van der Waals surface area contributed by atoms with Gasteiger partial charge in [0.2, 0.25) is 0 Å². The van der Waals surface area contributed by atoms with E-state index in [1.165, 1.54) is 212 Å². The summed E-state index contributed by atoms with van der Waals surface area (Å²) in [7, 11) is 5.92. The van der Waals surface area contributed by atoms with Gasteiger partial charge in [0.25, 0.3) is 0 Å². The van der Waals surface area contributed by atoms with Gasteiger partial charge in [0.1, 0.15) is 13.2 Å². The number of quaternary nitrogens is 1. The van der Waals surface area contributed by atoms with E-state index in [1.807, 2.05) is 21.1 Å². The molecule has 0 aromatic heterocycles. The third-order valence-corrected chi connectivity index (χ3v) is 13.8. The number of unbranched alkanes of at least 4 members (excludes halogenated alkanes) is 40. The van der Waals surface area contributed by atoms with Crippen LogP contribution >= 0.6 is 0 Å². The molecule has 0 heterocycles.